The summed E-state index contributed by atoms with van der Waals surface area (Å²) in [6, 6.07) is 11.7. The summed E-state index contributed by atoms with van der Waals surface area (Å²) in [4.78, 5) is 23.5. The zero-order valence-electron chi connectivity index (χ0n) is 17.6. The van der Waals surface area contributed by atoms with E-state index >= 15 is 0 Å². The number of hydrogen-bond acceptors (Lipinski definition) is 6. The van der Waals surface area contributed by atoms with Crippen LogP contribution in [0.2, 0.25) is 0 Å². The molecule has 156 valence electrons. The zero-order valence-corrected chi connectivity index (χ0v) is 17.6. The van der Waals surface area contributed by atoms with Crippen LogP contribution >= 0.6 is 0 Å². The topological polar surface area (TPSA) is 60.9 Å². The normalized spacial score (nSPS) is 14.2. The average Bonchev–Trinajstić information content (AvgIpc) is 2.76. The van der Waals surface area contributed by atoms with Gasteiger partial charge in [-0.3, -0.25) is 4.79 Å². The number of aromatic nitrogens is 1. The predicted molar refractivity (Wildman–Crippen MR) is 117 cm³/mol. The second kappa shape index (κ2) is 10.1. The Morgan fingerprint density at radius 3 is 2.55 bits per heavy atom. The van der Waals surface area contributed by atoms with Gasteiger partial charge in [0.15, 0.2) is 0 Å². The Morgan fingerprint density at radius 1 is 1.14 bits per heavy atom. The number of amides is 1. The summed E-state index contributed by atoms with van der Waals surface area (Å²) in [5, 5.41) is 3.35. The number of nitrogens with one attached hydrogen (secondary N) is 1. The minimum absolute atomic E-state index is 0.0103. The summed E-state index contributed by atoms with van der Waals surface area (Å²) >= 11 is 0. The highest BCUT2D eigenvalue weighted by atomic mass is 16.5. The molecule has 1 aliphatic rings. The van der Waals surface area contributed by atoms with Gasteiger partial charge in [-0.2, -0.15) is 0 Å². The van der Waals surface area contributed by atoms with Crippen LogP contribution in [0.3, 0.4) is 0 Å². The summed E-state index contributed by atoms with van der Waals surface area (Å²) < 4.78 is 5.46. The van der Waals surface area contributed by atoms with Crippen LogP contribution in [0.25, 0.3) is 0 Å². The van der Waals surface area contributed by atoms with Crippen molar-refractivity contribution in [1.82, 2.24) is 14.8 Å². The van der Waals surface area contributed by atoms with Crippen molar-refractivity contribution in [1.29, 1.82) is 0 Å². The van der Waals surface area contributed by atoms with Gasteiger partial charge >= 0.3 is 0 Å². The molecule has 0 radical (unpaired) electrons. The number of rotatable bonds is 8. The van der Waals surface area contributed by atoms with Gasteiger partial charge in [-0.15, -0.1) is 0 Å². The molecular formula is C22H31N5O2. The van der Waals surface area contributed by atoms with E-state index in [2.05, 4.69) is 40.3 Å². The molecule has 0 unspecified atom stereocenters. The van der Waals surface area contributed by atoms with E-state index in [1.165, 1.54) is 0 Å². The van der Waals surface area contributed by atoms with E-state index in [9.17, 15) is 4.79 Å². The number of nitrogens with zero attached hydrogens (tertiary/aromatic N) is 4. The molecule has 1 aromatic heterocycles. The molecule has 0 bridgehead atoms. The Balaban J connectivity index is 1.51. The van der Waals surface area contributed by atoms with Crippen molar-refractivity contribution in [3.63, 3.8) is 0 Å². The molecule has 1 saturated heterocycles. The van der Waals surface area contributed by atoms with E-state index in [1.54, 1.807) is 13.3 Å². The molecule has 1 aromatic carbocycles. The molecule has 1 fully saturated rings. The second-order valence-electron chi connectivity index (χ2n) is 7.47. The van der Waals surface area contributed by atoms with Crippen molar-refractivity contribution in [2.45, 2.75) is 6.42 Å². The number of para-hydroxylation sites is 2. The number of pyridine rings is 1. The first-order chi connectivity index (χ1) is 14.1. The molecule has 0 aliphatic carbocycles. The molecule has 0 spiro atoms. The van der Waals surface area contributed by atoms with Gasteiger partial charge in [0.25, 0.3) is 5.91 Å². The van der Waals surface area contributed by atoms with E-state index in [0.29, 0.717) is 18.8 Å². The maximum Gasteiger partial charge on any atom is 0.272 e. The lowest BCUT2D eigenvalue weighted by Gasteiger charge is -2.36. The van der Waals surface area contributed by atoms with Gasteiger partial charge in [0.1, 0.15) is 11.4 Å². The highest BCUT2D eigenvalue weighted by Crippen LogP contribution is 2.28. The second-order valence-corrected chi connectivity index (χ2v) is 7.47. The first-order valence-corrected chi connectivity index (χ1v) is 10.1. The highest BCUT2D eigenvalue weighted by molar-refractivity contribution is 5.92. The fourth-order valence-corrected chi connectivity index (χ4v) is 3.46. The molecule has 1 aliphatic heterocycles. The Bertz CT molecular complexity index is 786. The van der Waals surface area contributed by atoms with E-state index in [4.69, 9.17) is 4.74 Å². The number of benzene rings is 1. The number of hydrogen-bond donors (Lipinski definition) is 1. The van der Waals surface area contributed by atoms with Gasteiger partial charge in [0, 0.05) is 32.7 Å². The van der Waals surface area contributed by atoms with Gasteiger partial charge < -0.3 is 24.8 Å². The fraction of sp³-hybridized carbons (Fsp3) is 0.455. The SMILES string of the molecule is COc1ccccc1N1CCN(C(=O)c2ccc(NCCCN(C)C)cn2)CC1. The van der Waals surface area contributed by atoms with Crippen LogP contribution in [-0.2, 0) is 0 Å². The summed E-state index contributed by atoms with van der Waals surface area (Å²) in [7, 11) is 5.82. The predicted octanol–water partition coefficient (Wildman–Crippen LogP) is 2.42. The maximum absolute atomic E-state index is 12.8. The van der Waals surface area contributed by atoms with Gasteiger partial charge in [0.05, 0.1) is 24.7 Å². The molecule has 1 N–H and O–H groups in total. The van der Waals surface area contributed by atoms with Crippen LogP contribution < -0.4 is 15.0 Å². The summed E-state index contributed by atoms with van der Waals surface area (Å²) in [6.07, 6.45) is 2.80. The maximum atomic E-state index is 12.8. The lowest BCUT2D eigenvalue weighted by atomic mass is 10.2. The lowest BCUT2D eigenvalue weighted by Crippen LogP contribution is -2.49. The molecule has 7 nitrogen and oxygen atoms in total. The van der Waals surface area contributed by atoms with Gasteiger partial charge in [-0.05, 0) is 51.3 Å². The summed E-state index contributed by atoms with van der Waals surface area (Å²) in [5.74, 6) is 0.853. The van der Waals surface area contributed by atoms with Crippen molar-refractivity contribution in [2.24, 2.45) is 0 Å². The largest absolute Gasteiger partial charge is 0.495 e. The van der Waals surface area contributed by atoms with Crippen molar-refractivity contribution < 1.29 is 9.53 Å². The molecular weight excluding hydrogens is 366 g/mol. The molecule has 1 amide bonds. The minimum atomic E-state index is -0.0103. The average molecular weight is 398 g/mol. The standard InChI is InChI=1S/C22H31N5O2/c1-25(2)12-6-11-23-18-9-10-19(24-17-18)22(28)27-15-13-26(14-16-27)20-7-4-5-8-21(20)29-3/h4-5,7-10,17,23H,6,11-16H2,1-3H3. The Morgan fingerprint density at radius 2 is 1.90 bits per heavy atom. The monoisotopic (exact) mass is 397 g/mol. The first kappa shape index (κ1) is 20.9. The Kier molecular flexibility index (Phi) is 7.30. The highest BCUT2D eigenvalue weighted by Gasteiger charge is 2.24. The number of piperazine rings is 1. The number of methoxy groups -OCH3 is 1. The minimum Gasteiger partial charge on any atom is -0.495 e. The smallest absolute Gasteiger partial charge is 0.272 e. The van der Waals surface area contributed by atoms with Crippen molar-refractivity contribution >= 4 is 17.3 Å². The molecule has 7 heteroatoms. The summed E-state index contributed by atoms with van der Waals surface area (Å²) in [6.45, 7) is 4.82. The lowest BCUT2D eigenvalue weighted by molar-refractivity contribution is 0.0741. The van der Waals surface area contributed by atoms with Crippen LogP contribution in [0.1, 0.15) is 16.9 Å². The van der Waals surface area contributed by atoms with Crippen molar-refractivity contribution in [3.8, 4) is 5.75 Å². The Hall–Kier alpha value is -2.80. The zero-order chi connectivity index (χ0) is 20.6. The number of anilines is 2. The third-order valence-electron chi connectivity index (χ3n) is 5.09. The van der Waals surface area contributed by atoms with Crippen LogP contribution in [0, 0.1) is 0 Å². The van der Waals surface area contributed by atoms with Gasteiger partial charge in [-0.1, -0.05) is 12.1 Å². The van der Waals surface area contributed by atoms with Crippen molar-refractivity contribution in [2.75, 3.05) is 70.7 Å². The van der Waals surface area contributed by atoms with Crippen molar-refractivity contribution in [3.05, 3.63) is 48.3 Å². The van der Waals surface area contributed by atoms with Crippen LogP contribution in [0.4, 0.5) is 11.4 Å². The summed E-state index contributed by atoms with van der Waals surface area (Å²) in [5.41, 5.74) is 2.51. The van der Waals surface area contributed by atoms with Crippen LogP contribution in [0.15, 0.2) is 42.6 Å². The van der Waals surface area contributed by atoms with Gasteiger partial charge in [0.2, 0.25) is 0 Å². The molecule has 0 saturated carbocycles. The first-order valence-electron chi connectivity index (χ1n) is 10.1. The molecule has 2 aromatic rings. The molecule has 2 heterocycles. The molecule has 0 atom stereocenters. The van der Waals surface area contributed by atoms with Crippen LogP contribution in [-0.4, -0.2) is 81.2 Å². The van der Waals surface area contributed by atoms with Crippen LogP contribution in [0.5, 0.6) is 5.75 Å². The van der Waals surface area contributed by atoms with Gasteiger partial charge in [-0.25, -0.2) is 4.98 Å². The van der Waals surface area contributed by atoms with E-state index in [1.807, 2.05) is 35.2 Å². The third kappa shape index (κ3) is 5.60. The fourth-order valence-electron chi connectivity index (χ4n) is 3.46. The number of ether oxygens (including phenoxy) is 1. The molecule has 3 rings (SSSR count). The van der Waals surface area contributed by atoms with E-state index < -0.39 is 0 Å². The number of carbonyl (C=O) groups excluding carboxylic acids is 1. The van der Waals surface area contributed by atoms with E-state index in [-0.39, 0.29) is 5.91 Å². The van der Waals surface area contributed by atoms with E-state index in [0.717, 1.165) is 49.7 Å². The quantitative estimate of drug-likeness (QED) is 0.691. The molecule has 29 heavy (non-hydrogen) atoms. The Labute approximate surface area is 173 Å². The number of carbonyl (C=O) groups is 1. The third-order valence-corrected chi connectivity index (χ3v) is 5.09.